The number of fused-ring (bicyclic) bond motifs is 1. The molecule has 0 spiro atoms. The van der Waals surface area contributed by atoms with Gasteiger partial charge in [0.1, 0.15) is 0 Å². The first kappa shape index (κ1) is 8.10. The molecular weight excluding hydrogens is 164 g/mol. The molecule has 0 amide bonds. The highest BCUT2D eigenvalue weighted by Crippen LogP contribution is 2.11. The number of benzene rings is 1. The van der Waals surface area contributed by atoms with Crippen molar-refractivity contribution in [2.24, 2.45) is 7.05 Å². The first-order chi connectivity index (χ1) is 6.22. The first-order valence-corrected chi connectivity index (χ1v) is 4.40. The molecule has 2 aromatic rings. The Balaban J connectivity index is 2.84. The van der Waals surface area contributed by atoms with E-state index in [-0.39, 0.29) is 5.56 Å². The van der Waals surface area contributed by atoms with Gasteiger partial charge in [-0.05, 0) is 24.1 Å². The van der Waals surface area contributed by atoms with E-state index in [0.29, 0.717) is 0 Å². The van der Waals surface area contributed by atoms with Crippen LogP contribution in [0.3, 0.4) is 0 Å². The quantitative estimate of drug-likeness (QED) is 0.701. The van der Waals surface area contributed by atoms with Gasteiger partial charge in [0, 0.05) is 7.05 Å². The minimum absolute atomic E-state index is 0.0137. The Morgan fingerprint density at radius 1 is 1.46 bits per heavy atom. The van der Waals surface area contributed by atoms with Crippen LogP contribution in [0.4, 0.5) is 0 Å². The van der Waals surface area contributed by atoms with Crippen LogP contribution in [0.1, 0.15) is 12.5 Å². The number of hydrogen-bond acceptors (Lipinski definition) is 1. The highest BCUT2D eigenvalue weighted by atomic mass is 16.1. The molecule has 0 unspecified atom stereocenters. The van der Waals surface area contributed by atoms with Gasteiger partial charge < -0.3 is 0 Å². The summed E-state index contributed by atoms with van der Waals surface area (Å²) in [7, 11) is 1.85. The highest BCUT2D eigenvalue weighted by Gasteiger charge is 2.03. The largest absolute Gasteiger partial charge is 0.288 e. The number of aromatic amines is 1. The maximum Gasteiger partial charge on any atom is 0.271 e. The smallest absolute Gasteiger partial charge is 0.271 e. The fraction of sp³-hybridized carbons (Fsp3) is 0.300. The first-order valence-electron chi connectivity index (χ1n) is 4.40. The van der Waals surface area contributed by atoms with E-state index in [1.807, 2.05) is 25.2 Å². The zero-order chi connectivity index (χ0) is 9.42. The van der Waals surface area contributed by atoms with E-state index in [1.54, 1.807) is 4.68 Å². The third-order valence-corrected chi connectivity index (χ3v) is 2.35. The number of nitrogens with one attached hydrogen (secondary N) is 1. The van der Waals surface area contributed by atoms with E-state index in [0.717, 1.165) is 17.3 Å². The fourth-order valence-corrected chi connectivity index (χ4v) is 1.54. The molecule has 0 radical (unpaired) electrons. The number of rotatable bonds is 1. The summed E-state index contributed by atoms with van der Waals surface area (Å²) in [5.41, 5.74) is 2.21. The molecule has 68 valence electrons. The summed E-state index contributed by atoms with van der Waals surface area (Å²) in [6.45, 7) is 2.10. The summed E-state index contributed by atoms with van der Waals surface area (Å²) in [6, 6.07) is 5.93. The van der Waals surface area contributed by atoms with Crippen molar-refractivity contribution in [1.29, 1.82) is 0 Å². The molecule has 0 saturated carbocycles. The Kier molecular flexibility index (Phi) is 1.72. The SMILES string of the molecule is CCc1ccc2c(=O)[nH]n(C)c2c1. The van der Waals surface area contributed by atoms with Gasteiger partial charge in [0.2, 0.25) is 0 Å². The van der Waals surface area contributed by atoms with E-state index in [9.17, 15) is 4.79 Å². The summed E-state index contributed by atoms with van der Waals surface area (Å²) in [5, 5.41) is 3.49. The maximum atomic E-state index is 11.3. The van der Waals surface area contributed by atoms with Gasteiger partial charge in [-0.2, -0.15) is 0 Å². The Hall–Kier alpha value is -1.51. The van der Waals surface area contributed by atoms with Gasteiger partial charge in [-0.25, -0.2) is 0 Å². The monoisotopic (exact) mass is 176 g/mol. The molecule has 1 N–H and O–H groups in total. The molecule has 3 heteroatoms. The lowest BCUT2D eigenvalue weighted by molar-refractivity contribution is 0.783. The Morgan fingerprint density at radius 3 is 2.92 bits per heavy atom. The van der Waals surface area contributed by atoms with Gasteiger partial charge in [0.25, 0.3) is 5.56 Å². The van der Waals surface area contributed by atoms with Crippen LogP contribution >= 0.6 is 0 Å². The second-order valence-corrected chi connectivity index (χ2v) is 3.20. The molecule has 1 heterocycles. The van der Waals surface area contributed by atoms with E-state index in [2.05, 4.69) is 12.0 Å². The molecule has 13 heavy (non-hydrogen) atoms. The molecule has 2 rings (SSSR count). The van der Waals surface area contributed by atoms with Gasteiger partial charge in [0.05, 0.1) is 10.9 Å². The van der Waals surface area contributed by atoms with Crippen molar-refractivity contribution in [2.75, 3.05) is 0 Å². The normalized spacial score (nSPS) is 10.9. The molecule has 0 atom stereocenters. The van der Waals surface area contributed by atoms with Crippen LogP contribution in [-0.4, -0.2) is 9.78 Å². The van der Waals surface area contributed by atoms with Crippen molar-refractivity contribution in [3.63, 3.8) is 0 Å². The number of aryl methyl sites for hydroxylation is 2. The predicted molar refractivity (Wildman–Crippen MR) is 52.9 cm³/mol. The maximum absolute atomic E-state index is 11.3. The van der Waals surface area contributed by atoms with Crippen molar-refractivity contribution in [1.82, 2.24) is 9.78 Å². The van der Waals surface area contributed by atoms with Gasteiger partial charge >= 0.3 is 0 Å². The second kappa shape index (κ2) is 2.76. The third-order valence-electron chi connectivity index (χ3n) is 2.35. The van der Waals surface area contributed by atoms with Gasteiger partial charge in [-0.15, -0.1) is 0 Å². The molecule has 3 nitrogen and oxygen atoms in total. The number of nitrogens with zero attached hydrogens (tertiary/aromatic N) is 1. The Morgan fingerprint density at radius 2 is 2.23 bits per heavy atom. The average Bonchev–Trinajstić information content (AvgIpc) is 2.42. The van der Waals surface area contributed by atoms with Crippen LogP contribution in [0.5, 0.6) is 0 Å². The Bertz CT molecular complexity index is 493. The molecular formula is C10H12N2O. The van der Waals surface area contributed by atoms with Gasteiger partial charge in [0.15, 0.2) is 0 Å². The van der Waals surface area contributed by atoms with Crippen LogP contribution in [0.2, 0.25) is 0 Å². The summed E-state index contributed by atoms with van der Waals surface area (Å²) in [4.78, 5) is 11.3. The van der Waals surface area contributed by atoms with Gasteiger partial charge in [-0.3, -0.25) is 14.6 Å². The van der Waals surface area contributed by atoms with Crippen molar-refractivity contribution >= 4 is 10.9 Å². The summed E-state index contributed by atoms with van der Waals surface area (Å²) < 4.78 is 1.76. The summed E-state index contributed by atoms with van der Waals surface area (Å²) in [6.07, 6.45) is 0.995. The third kappa shape index (κ3) is 1.16. The van der Waals surface area contributed by atoms with Crippen LogP contribution in [0, 0.1) is 0 Å². The summed E-state index contributed by atoms with van der Waals surface area (Å²) >= 11 is 0. The van der Waals surface area contributed by atoms with Crippen LogP contribution < -0.4 is 5.56 Å². The van der Waals surface area contributed by atoms with Crippen LogP contribution in [0.15, 0.2) is 23.0 Å². The zero-order valence-electron chi connectivity index (χ0n) is 7.79. The van der Waals surface area contributed by atoms with E-state index >= 15 is 0 Å². The van der Waals surface area contributed by atoms with Crippen LogP contribution in [-0.2, 0) is 13.5 Å². The molecule has 1 aromatic heterocycles. The lowest BCUT2D eigenvalue weighted by Crippen LogP contribution is -2.01. The molecule has 0 aliphatic carbocycles. The fourth-order valence-electron chi connectivity index (χ4n) is 1.54. The molecule has 0 aliphatic rings. The van der Waals surface area contributed by atoms with Gasteiger partial charge in [-0.1, -0.05) is 13.0 Å². The van der Waals surface area contributed by atoms with Crippen molar-refractivity contribution in [3.8, 4) is 0 Å². The Labute approximate surface area is 76.0 Å². The molecule has 0 fully saturated rings. The number of H-pyrrole nitrogens is 1. The van der Waals surface area contributed by atoms with E-state index in [4.69, 9.17) is 0 Å². The number of aromatic nitrogens is 2. The number of hydrogen-bond donors (Lipinski definition) is 1. The predicted octanol–water partition coefficient (Wildman–Crippen LogP) is 1.43. The molecule has 0 bridgehead atoms. The lowest BCUT2D eigenvalue weighted by atomic mass is 10.1. The average molecular weight is 176 g/mol. The minimum Gasteiger partial charge on any atom is -0.288 e. The topological polar surface area (TPSA) is 37.8 Å². The van der Waals surface area contributed by atoms with Crippen LogP contribution in [0.25, 0.3) is 10.9 Å². The molecule has 0 aliphatic heterocycles. The van der Waals surface area contributed by atoms with Crippen molar-refractivity contribution in [2.45, 2.75) is 13.3 Å². The van der Waals surface area contributed by atoms with Crippen molar-refractivity contribution in [3.05, 3.63) is 34.1 Å². The standard InChI is InChI=1S/C10H12N2O/c1-3-7-4-5-8-9(6-7)12(2)11-10(8)13/h4-6H,3H2,1-2H3,(H,11,13). The lowest BCUT2D eigenvalue weighted by Gasteiger charge is -1.97. The highest BCUT2D eigenvalue weighted by molar-refractivity contribution is 5.79. The van der Waals surface area contributed by atoms with E-state index < -0.39 is 0 Å². The zero-order valence-corrected chi connectivity index (χ0v) is 7.79. The molecule has 0 saturated heterocycles. The van der Waals surface area contributed by atoms with Crippen molar-refractivity contribution < 1.29 is 0 Å². The second-order valence-electron chi connectivity index (χ2n) is 3.20. The minimum atomic E-state index is -0.0137. The summed E-state index contributed by atoms with van der Waals surface area (Å²) in [5.74, 6) is 0. The molecule has 1 aromatic carbocycles. The van der Waals surface area contributed by atoms with E-state index in [1.165, 1.54) is 5.56 Å².